The number of nitrogens with zero attached hydrogens (tertiary/aromatic N) is 2. The Morgan fingerprint density at radius 2 is 2.39 bits per heavy atom. The lowest BCUT2D eigenvalue weighted by atomic mass is 10.0. The van der Waals surface area contributed by atoms with Gasteiger partial charge < -0.3 is 9.52 Å². The van der Waals surface area contributed by atoms with E-state index in [2.05, 4.69) is 0 Å². The number of hydrogen-bond donors (Lipinski definition) is 1. The van der Waals surface area contributed by atoms with Gasteiger partial charge >= 0.3 is 11.9 Å². The molecule has 0 saturated carbocycles. The Balaban J connectivity index is 2.01. The molecule has 0 amide bonds. The number of nitro groups is 1. The van der Waals surface area contributed by atoms with Crippen molar-refractivity contribution in [3.63, 3.8) is 0 Å². The fraction of sp³-hybridized carbons (Fsp3) is 0.545. The van der Waals surface area contributed by atoms with Crippen molar-refractivity contribution in [3.05, 3.63) is 28.0 Å². The first-order chi connectivity index (χ1) is 8.49. The van der Waals surface area contributed by atoms with Gasteiger partial charge in [0.25, 0.3) is 0 Å². The monoisotopic (exact) mass is 254 g/mol. The average molecular weight is 254 g/mol. The fourth-order valence-electron chi connectivity index (χ4n) is 2.31. The zero-order chi connectivity index (χ0) is 13.3. The molecule has 2 rings (SSSR count). The number of rotatable bonds is 4. The topological polar surface area (TPSA) is 96.8 Å². The second-order valence-corrected chi connectivity index (χ2v) is 4.44. The van der Waals surface area contributed by atoms with Crippen LogP contribution in [0.2, 0.25) is 0 Å². The summed E-state index contributed by atoms with van der Waals surface area (Å²) < 4.78 is 5.06. The highest BCUT2D eigenvalue weighted by Crippen LogP contribution is 2.27. The van der Waals surface area contributed by atoms with Gasteiger partial charge in [0, 0.05) is 6.04 Å². The minimum absolute atomic E-state index is 0.0911. The molecule has 1 aliphatic heterocycles. The molecule has 1 aromatic rings. The standard InChI is InChI=1S/C11H14N2O5/c1-7-9(11(14)15)4-5-12(7)6-8-2-3-10(18-8)13(16)17/h2-3,7,9H,4-6H2,1H3,(H,14,15). The Bertz CT molecular complexity index is 470. The van der Waals surface area contributed by atoms with E-state index in [-0.39, 0.29) is 17.8 Å². The first-order valence-electron chi connectivity index (χ1n) is 5.69. The van der Waals surface area contributed by atoms with E-state index in [1.54, 1.807) is 6.07 Å². The number of likely N-dealkylation sites (tertiary alicyclic amines) is 1. The van der Waals surface area contributed by atoms with E-state index in [0.29, 0.717) is 25.3 Å². The molecule has 1 saturated heterocycles. The average Bonchev–Trinajstić information content (AvgIpc) is 2.87. The van der Waals surface area contributed by atoms with Crippen molar-refractivity contribution >= 4 is 11.9 Å². The minimum Gasteiger partial charge on any atom is -0.481 e. The van der Waals surface area contributed by atoms with Gasteiger partial charge in [-0.25, -0.2) is 0 Å². The summed E-state index contributed by atoms with van der Waals surface area (Å²) in [5, 5.41) is 19.5. The SMILES string of the molecule is CC1C(C(=O)O)CCN1Cc1ccc([N+](=O)[O-])o1. The third-order valence-electron chi connectivity index (χ3n) is 3.39. The van der Waals surface area contributed by atoms with E-state index in [1.807, 2.05) is 11.8 Å². The van der Waals surface area contributed by atoms with E-state index < -0.39 is 10.9 Å². The Hall–Kier alpha value is -1.89. The van der Waals surface area contributed by atoms with Gasteiger partial charge in [0.1, 0.15) is 10.7 Å². The first kappa shape index (κ1) is 12.6. The summed E-state index contributed by atoms with van der Waals surface area (Å²) in [4.78, 5) is 22.8. The Morgan fingerprint density at radius 1 is 1.67 bits per heavy atom. The molecule has 1 N–H and O–H groups in total. The van der Waals surface area contributed by atoms with Crippen LogP contribution in [0.25, 0.3) is 0 Å². The molecule has 7 heteroatoms. The summed E-state index contributed by atoms with van der Waals surface area (Å²) >= 11 is 0. The molecular formula is C11H14N2O5. The molecule has 1 aliphatic rings. The zero-order valence-electron chi connectivity index (χ0n) is 9.91. The molecule has 0 aliphatic carbocycles. The summed E-state index contributed by atoms with van der Waals surface area (Å²) in [5.74, 6) is -0.975. The number of carboxylic acids is 1. The van der Waals surface area contributed by atoms with E-state index in [9.17, 15) is 14.9 Å². The van der Waals surface area contributed by atoms with Crippen LogP contribution < -0.4 is 0 Å². The maximum absolute atomic E-state index is 11.0. The molecule has 0 aromatic carbocycles. The quantitative estimate of drug-likeness (QED) is 0.645. The normalized spacial score (nSPS) is 24.3. The molecule has 0 bridgehead atoms. The molecule has 7 nitrogen and oxygen atoms in total. The van der Waals surface area contributed by atoms with Crippen molar-refractivity contribution in [2.75, 3.05) is 6.54 Å². The summed E-state index contributed by atoms with van der Waals surface area (Å²) in [7, 11) is 0. The molecule has 0 radical (unpaired) electrons. The maximum Gasteiger partial charge on any atom is 0.433 e. The third-order valence-corrected chi connectivity index (χ3v) is 3.39. The van der Waals surface area contributed by atoms with Crippen LogP contribution in [-0.4, -0.2) is 33.5 Å². The van der Waals surface area contributed by atoms with Gasteiger partial charge in [-0.3, -0.25) is 19.8 Å². The van der Waals surface area contributed by atoms with Crippen LogP contribution >= 0.6 is 0 Å². The maximum atomic E-state index is 11.0. The summed E-state index contributed by atoms with van der Waals surface area (Å²) in [6.07, 6.45) is 0.597. The minimum atomic E-state index is -0.796. The van der Waals surface area contributed by atoms with Crippen LogP contribution in [0.1, 0.15) is 19.1 Å². The molecule has 1 fully saturated rings. The molecule has 98 valence electrons. The lowest BCUT2D eigenvalue weighted by molar-refractivity contribution is -0.402. The van der Waals surface area contributed by atoms with Gasteiger partial charge in [-0.05, 0) is 26.0 Å². The lowest BCUT2D eigenvalue weighted by Crippen LogP contribution is -2.32. The van der Waals surface area contributed by atoms with Crippen molar-refractivity contribution in [1.82, 2.24) is 4.90 Å². The second kappa shape index (κ2) is 4.77. The van der Waals surface area contributed by atoms with Gasteiger partial charge in [0.15, 0.2) is 0 Å². The van der Waals surface area contributed by atoms with Gasteiger partial charge in [-0.2, -0.15) is 0 Å². The van der Waals surface area contributed by atoms with Crippen molar-refractivity contribution in [2.45, 2.75) is 25.9 Å². The predicted octanol–water partition coefficient (Wildman–Crippen LogP) is 1.48. The summed E-state index contributed by atoms with van der Waals surface area (Å²) in [6.45, 7) is 2.91. The van der Waals surface area contributed by atoms with Crippen LogP contribution in [0.3, 0.4) is 0 Å². The first-order valence-corrected chi connectivity index (χ1v) is 5.69. The molecule has 18 heavy (non-hydrogen) atoms. The number of carbonyl (C=O) groups is 1. The summed E-state index contributed by atoms with van der Waals surface area (Å²) in [6, 6.07) is 2.77. The van der Waals surface area contributed by atoms with Crippen molar-refractivity contribution in [1.29, 1.82) is 0 Å². The lowest BCUT2D eigenvalue weighted by Gasteiger charge is -2.21. The summed E-state index contributed by atoms with van der Waals surface area (Å²) in [5.41, 5.74) is 0. The van der Waals surface area contributed by atoms with E-state index >= 15 is 0 Å². The Kier molecular flexibility index (Phi) is 3.33. The van der Waals surface area contributed by atoms with Gasteiger partial charge in [0.05, 0.1) is 18.5 Å². The zero-order valence-corrected chi connectivity index (χ0v) is 9.91. The van der Waals surface area contributed by atoms with Crippen LogP contribution in [-0.2, 0) is 11.3 Å². The number of furan rings is 1. The highest BCUT2D eigenvalue weighted by atomic mass is 16.6. The molecule has 1 aromatic heterocycles. The number of aliphatic carboxylic acids is 1. The third kappa shape index (κ3) is 2.35. The van der Waals surface area contributed by atoms with Crippen molar-refractivity contribution < 1.29 is 19.2 Å². The van der Waals surface area contributed by atoms with E-state index in [0.717, 1.165) is 0 Å². The number of hydrogen-bond acceptors (Lipinski definition) is 5. The molecular weight excluding hydrogens is 240 g/mol. The smallest absolute Gasteiger partial charge is 0.433 e. The molecule has 2 unspecified atom stereocenters. The largest absolute Gasteiger partial charge is 0.481 e. The van der Waals surface area contributed by atoms with Crippen LogP contribution in [0.15, 0.2) is 16.5 Å². The number of carboxylic acid groups (broad SMARTS) is 1. The van der Waals surface area contributed by atoms with Gasteiger partial charge in [0.2, 0.25) is 0 Å². The van der Waals surface area contributed by atoms with Crippen LogP contribution in [0.4, 0.5) is 5.88 Å². The van der Waals surface area contributed by atoms with Crippen LogP contribution in [0.5, 0.6) is 0 Å². The molecule has 2 atom stereocenters. The van der Waals surface area contributed by atoms with Gasteiger partial charge in [-0.1, -0.05) is 0 Å². The van der Waals surface area contributed by atoms with Crippen molar-refractivity contribution in [2.24, 2.45) is 5.92 Å². The fourth-order valence-corrected chi connectivity index (χ4v) is 2.31. The van der Waals surface area contributed by atoms with E-state index in [1.165, 1.54) is 6.07 Å². The molecule has 2 heterocycles. The highest BCUT2D eigenvalue weighted by Gasteiger charge is 2.35. The predicted molar refractivity (Wildman–Crippen MR) is 61.0 cm³/mol. The highest BCUT2D eigenvalue weighted by molar-refractivity contribution is 5.71. The molecule has 0 spiro atoms. The van der Waals surface area contributed by atoms with Gasteiger partial charge in [-0.15, -0.1) is 0 Å². The Labute approximate surface area is 103 Å². The van der Waals surface area contributed by atoms with E-state index in [4.69, 9.17) is 9.52 Å². The van der Waals surface area contributed by atoms with Crippen LogP contribution in [0, 0.1) is 16.0 Å². The second-order valence-electron chi connectivity index (χ2n) is 4.44. The Morgan fingerprint density at radius 3 is 2.89 bits per heavy atom. The van der Waals surface area contributed by atoms with Crippen molar-refractivity contribution in [3.8, 4) is 0 Å².